The minimum absolute atomic E-state index is 0.104. The van der Waals surface area contributed by atoms with Crippen molar-refractivity contribution in [1.29, 1.82) is 0 Å². The van der Waals surface area contributed by atoms with E-state index in [0.29, 0.717) is 25.7 Å². The lowest BCUT2D eigenvalue weighted by Crippen LogP contribution is -2.16. The van der Waals surface area contributed by atoms with E-state index in [1.54, 1.807) is 0 Å². The summed E-state index contributed by atoms with van der Waals surface area (Å²) in [5.74, 6) is 0. The lowest BCUT2D eigenvalue weighted by atomic mass is 10.4. The zero-order valence-corrected chi connectivity index (χ0v) is 9.90. The van der Waals surface area contributed by atoms with Crippen molar-refractivity contribution in [2.24, 2.45) is 0 Å². The Morgan fingerprint density at radius 3 is 2.75 bits per heavy atom. The summed E-state index contributed by atoms with van der Waals surface area (Å²) in [6.07, 6.45) is 4.06. The van der Waals surface area contributed by atoms with Gasteiger partial charge in [0.2, 0.25) is 0 Å². The SMILES string of the molecule is CCCn1ncc(C=O)c1S(=O)(=O)C1CC1. The zero-order chi connectivity index (χ0) is 11.8. The topological polar surface area (TPSA) is 69.0 Å². The molecule has 0 aromatic carbocycles. The van der Waals surface area contributed by atoms with Crippen LogP contribution in [0.15, 0.2) is 11.2 Å². The van der Waals surface area contributed by atoms with Crippen LogP contribution < -0.4 is 0 Å². The van der Waals surface area contributed by atoms with E-state index in [0.717, 1.165) is 6.42 Å². The maximum atomic E-state index is 12.1. The van der Waals surface area contributed by atoms with Gasteiger partial charge in [-0.15, -0.1) is 0 Å². The van der Waals surface area contributed by atoms with Gasteiger partial charge in [0.25, 0.3) is 0 Å². The Hall–Kier alpha value is -1.17. The Morgan fingerprint density at radius 2 is 2.25 bits per heavy atom. The van der Waals surface area contributed by atoms with Crippen molar-refractivity contribution in [2.75, 3.05) is 0 Å². The van der Waals surface area contributed by atoms with Crippen LogP contribution in [0.3, 0.4) is 0 Å². The number of carbonyl (C=O) groups excluding carboxylic acids is 1. The van der Waals surface area contributed by atoms with Crippen LogP contribution in [0.5, 0.6) is 0 Å². The third kappa shape index (κ3) is 1.77. The molecule has 1 aromatic rings. The minimum Gasteiger partial charge on any atom is -0.298 e. The molecule has 6 heteroatoms. The fourth-order valence-corrected chi connectivity index (χ4v) is 3.62. The fourth-order valence-electron chi connectivity index (χ4n) is 1.69. The molecule has 0 aliphatic heterocycles. The molecule has 1 saturated carbocycles. The van der Waals surface area contributed by atoms with E-state index in [1.807, 2.05) is 6.92 Å². The highest BCUT2D eigenvalue weighted by atomic mass is 32.2. The fraction of sp³-hybridized carbons (Fsp3) is 0.600. The van der Waals surface area contributed by atoms with Crippen molar-refractivity contribution >= 4 is 16.1 Å². The molecule has 0 saturated heterocycles. The van der Waals surface area contributed by atoms with E-state index in [9.17, 15) is 13.2 Å². The summed E-state index contributed by atoms with van der Waals surface area (Å²) in [6, 6.07) is 0. The van der Waals surface area contributed by atoms with Crippen LogP contribution in [0.2, 0.25) is 0 Å². The van der Waals surface area contributed by atoms with Crippen LogP contribution in [0, 0.1) is 0 Å². The van der Waals surface area contributed by atoms with Crippen molar-refractivity contribution in [1.82, 2.24) is 9.78 Å². The van der Waals surface area contributed by atoms with Crippen LogP contribution >= 0.6 is 0 Å². The molecule has 1 aliphatic rings. The van der Waals surface area contributed by atoms with Crippen LogP contribution in [0.4, 0.5) is 0 Å². The van der Waals surface area contributed by atoms with Gasteiger partial charge in [-0.25, -0.2) is 8.42 Å². The smallest absolute Gasteiger partial charge is 0.198 e. The maximum absolute atomic E-state index is 12.1. The number of aromatic nitrogens is 2. The second-order valence-corrected chi connectivity index (χ2v) is 6.13. The van der Waals surface area contributed by atoms with Crippen molar-refractivity contribution in [2.45, 2.75) is 43.0 Å². The number of hydrogen-bond donors (Lipinski definition) is 0. The van der Waals surface area contributed by atoms with Gasteiger partial charge >= 0.3 is 0 Å². The summed E-state index contributed by atoms with van der Waals surface area (Å²) >= 11 is 0. The Balaban J connectivity index is 2.51. The first-order valence-electron chi connectivity index (χ1n) is 5.36. The molecule has 0 N–H and O–H groups in total. The summed E-state index contributed by atoms with van der Waals surface area (Å²) in [5.41, 5.74) is 0.181. The predicted molar refractivity (Wildman–Crippen MR) is 58.1 cm³/mol. The van der Waals surface area contributed by atoms with Gasteiger partial charge in [-0.05, 0) is 19.3 Å². The Morgan fingerprint density at radius 1 is 1.56 bits per heavy atom. The van der Waals surface area contributed by atoms with Gasteiger partial charge in [-0.2, -0.15) is 5.10 Å². The van der Waals surface area contributed by atoms with Crippen LogP contribution in [0.25, 0.3) is 0 Å². The lowest BCUT2D eigenvalue weighted by Gasteiger charge is -2.07. The van der Waals surface area contributed by atoms with Crippen molar-refractivity contribution in [3.63, 3.8) is 0 Å². The first-order valence-corrected chi connectivity index (χ1v) is 6.90. The first-order chi connectivity index (χ1) is 7.61. The van der Waals surface area contributed by atoms with E-state index in [1.165, 1.54) is 10.9 Å². The molecule has 0 atom stereocenters. The number of carbonyl (C=O) groups is 1. The van der Waals surface area contributed by atoms with E-state index >= 15 is 0 Å². The molecular weight excluding hydrogens is 228 g/mol. The van der Waals surface area contributed by atoms with Crippen LogP contribution in [-0.2, 0) is 16.4 Å². The Kier molecular flexibility index (Phi) is 2.84. The highest BCUT2D eigenvalue weighted by molar-refractivity contribution is 7.92. The molecule has 0 amide bonds. The Labute approximate surface area is 94.4 Å². The van der Waals surface area contributed by atoms with E-state index < -0.39 is 9.84 Å². The molecule has 0 radical (unpaired) electrons. The second kappa shape index (κ2) is 4.01. The number of rotatable bonds is 5. The quantitative estimate of drug-likeness (QED) is 0.723. The summed E-state index contributed by atoms with van der Waals surface area (Å²) in [5, 5.41) is 3.76. The molecule has 1 aliphatic carbocycles. The molecule has 88 valence electrons. The first kappa shape index (κ1) is 11.3. The highest BCUT2D eigenvalue weighted by Crippen LogP contribution is 2.34. The minimum atomic E-state index is -3.35. The normalized spacial score (nSPS) is 16.3. The van der Waals surface area contributed by atoms with Gasteiger partial charge in [-0.1, -0.05) is 6.92 Å². The number of sulfone groups is 1. The molecular formula is C10H14N2O3S. The number of nitrogens with zero attached hydrogens (tertiary/aromatic N) is 2. The van der Waals surface area contributed by atoms with Crippen LogP contribution in [0.1, 0.15) is 36.5 Å². The molecule has 0 bridgehead atoms. The van der Waals surface area contributed by atoms with Gasteiger partial charge in [0.1, 0.15) is 0 Å². The highest BCUT2D eigenvalue weighted by Gasteiger charge is 2.40. The summed E-state index contributed by atoms with van der Waals surface area (Å²) in [6.45, 7) is 2.46. The standard InChI is InChI=1S/C10H14N2O3S/c1-2-5-12-10(8(7-13)6-11-12)16(14,15)9-3-4-9/h6-7,9H,2-5H2,1H3. The van der Waals surface area contributed by atoms with Crippen LogP contribution in [-0.4, -0.2) is 29.7 Å². The lowest BCUT2D eigenvalue weighted by molar-refractivity contribution is 0.112. The molecule has 1 aromatic heterocycles. The average molecular weight is 242 g/mol. The van der Waals surface area contributed by atoms with E-state index in [2.05, 4.69) is 5.10 Å². The van der Waals surface area contributed by atoms with Gasteiger partial charge < -0.3 is 0 Å². The van der Waals surface area contributed by atoms with Gasteiger partial charge in [-0.3, -0.25) is 9.48 Å². The summed E-state index contributed by atoms with van der Waals surface area (Å²) in [7, 11) is -3.35. The Bertz CT molecular complexity index is 500. The van der Waals surface area contributed by atoms with Crippen molar-refractivity contribution in [3.05, 3.63) is 11.8 Å². The molecule has 16 heavy (non-hydrogen) atoms. The molecule has 0 spiro atoms. The van der Waals surface area contributed by atoms with E-state index in [-0.39, 0.29) is 15.8 Å². The third-order valence-electron chi connectivity index (χ3n) is 2.61. The van der Waals surface area contributed by atoms with Crippen molar-refractivity contribution < 1.29 is 13.2 Å². The monoisotopic (exact) mass is 242 g/mol. The molecule has 1 fully saturated rings. The second-order valence-electron chi connectivity index (χ2n) is 3.99. The molecule has 2 rings (SSSR count). The number of aldehydes is 1. The molecule has 5 nitrogen and oxygen atoms in total. The zero-order valence-electron chi connectivity index (χ0n) is 9.09. The number of hydrogen-bond acceptors (Lipinski definition) is 4. The average Bonchev–Trinajstić information content (AvgIpc) is 3.01. The van der Waals surface area contributed by atoms with Crippen molar-refractivity contribution in [3.8, 4) is 0 Å². The molecule has 0 unspecified atom stereocenters. The predicted octanol–water partition coefficient (Wildman–Crippen LogP) is 1.04. The number of aryl methyl sites for hydroxylation is 1. The largest absolute Gasteiger partial charge is 0.298 e. The summed E-state index contributed by atoms with van der Waals surface area (Å²) in [4.78, 5) is 10.8. The van der Waals surface area contributed by atoms with Gasteiger partial charge in [0.15, 0.2) is 21.1 Å². The maximum Gasteiger partial charge on any atom is 0.198 e. The summed E-state index contributed by atoms with van der Waals surface area (Å²) < 4.78 is 25.7. The third-order valence-corrected chi connectivity index (χ3v) is 4.95. The molecule has 1 heterocycles. The van der Waals surface area contributed by atoms with Gasteiger partial charge in [0, 0.05) is 6.54 Å². The van der Waals surface area contributed by atoms with Gasteiger partial charge in [0.05, 0.1) is 17.0 Å². The van der Waals surface area contributed by atoms with E-state index in [4.69, 9.17) is 0 Å².